The molecule has 1 aromatic carbocycles. The number of benzene rings is 1. The molecule has 0 radical (unpaired) electrons. The quantitative estimate of drug-likeness (QED) is 0.718. The number of carboxylic acid groups (broad SMARTS) is 1. The summed E-state index contributed by atoms with van der Waals surface area (Å²) in [6.45, 7) is 4.90. The van der Waals surface area contributed by atoms with E-state index in [1.807, 2.05) is 12.1 Å². The van der Waals surface area contributed by atoms with Gasteiger partial charge in [0.25, 0.3) is 0 Å². The SMILES string of the molecule is CCC(C)Cc1ccc(OCCCC(=O)O)cc1. The zero-order valence-electron chi connectivity index (χ0n) is 11.2. The fourth-order valence-electron chi connectivity index (χ4n) is 1.68. The Morgan fingerprint density at radius 2 is 2.00 bits per heavy atom. The minimum Gasteiger partial charge on any atom is -0.494 e. The Balaban J connectivity index is 2.33. The van der Waals surface area contributed by atoms with E-state index < -0.39 is 5.97 Å². The molecule has 0 aliphatic heterocycles. The van der Waals surface area contributed by atoms with Crippen LogP contribution >= 0.6 is 0 Å². The van der Waals surface area contributed by atoms with Crippen molar-refractivity contribution in [2.24, 2.45) is 5.92 Å². The lowest BCUT2D eigenvalue weighted by molar-refractivity contribution is -0.137. The van der Waals surface area contributed by atoms with E-state index in [1.54, 1.807) is 0 Å². The highest BCUT2D eigenvalue weighted by atomic mass is 16.5. The molecule has 0 spiro atoms. The van der Waals surface area contributed by atoms with Gasteiger partial charge in [0, 0.05) is 6.42 Å². The summed E-state index contributed by atoms with van der Waals surface area (Å²) in [5.41, 5.74) is 1.32. The lowest BCUT2D eigenvalue weighted by Crippen LogP contribution is -2.02. The monoisotopic (exact) mass is 250 g/mol. The zero-order valence-corrected chi connectivity index (χ0v) is 11.2. The maximum absolute atomic E-state index is 10.3. The molecule has 0 aliphatic rings. The number of aliphatic carboxylic acids is 1. The van der Waals surface area contributed by atoms with E-state index in [1.165, 1.54) is 12.0 Å². The maximum Gasteiger partial charge on any atom is 0.303 e. The third kappa shape index (κ3) is 5.71. The van der Waals surface area contributed by atoms with Gasteiger partial charge in [0.05, 0.1) is 6.61 Å². The number of carboxylic acids is 1. The molecule has 0 saturated heterocycles. The Morgan fingerprint density at radius 3 is 2.56 bits per heavy atom. The second kappa shape index (κ2) is 7.75. The Hall–Kier alpha value is -1.51. The van der Waals surface area contributed by atoms with Crippen molar-refractivity contribution in [2.45, 2.75) is 39.5 Å². The van der Waals surface area contributed by atoms with Crippen molar-refractivity contribution in [1.29, 1.82) is 0 Å². The molecule has 100 valence electrons. The second-order valence-electron chi connectivity index (χ2n) is 4.71. The van der Waals surface area contributed by atoms with E-state index in [0.29, 0.717) is 18.9 Å². The molecule has 18 heavy (non-hydrogen) atoms. The van der Waals surface area contributed by atoms with E-state index in [-0.39, 0.29) is 6.42 Å². The van der Waals surface area contributed by atoms with Gasteiger partial charge in [-0.25, -0.2) is 0 Å². The molecule has 1 aromatic rings. The van der Waals surface area contributed by atoms with Gasteiger partial charge in [-0.3, -0.25) is 4.79 Å². The molecule has 3 nitrogen and oxygen atoms in total. The second-order valence-corrected chi connectivity index (χ2v) is 4.71. The lowest BCUT2D eigenvalue weighted by Gasteiger charge is -2.09. The van der Waals surface area contributed by atoms with Crippen LogP contribution in [0.3, 0.4) is 0 Å². The Kier molecular flexibility index (Phi) is 6.26. The highest BCUT2D eigenvalue weighted by Gasteiger charge is 2.02. The molecule has 3 heteroatoms. The molecular formula is C15H22O3. The van der Waals surface area contributed by atoms with Crippen molar-refractivity contribution < 1.29 is 14.6 Å². The molecule has 0 heterocycles. The van der Waals surface area contributed by atoms with Gasteiger partial charge in [0.1, 0.15) is 5.75 Å². The van der Waals surface area contributed by atoms with E-state index in [2.05, 4.69) is 26.0 Å². The molecule has 1 unspecified atom stereocenters. The summed E-state index contributed by atoms with van der Waals surface area (Å²) in [4.78, 5) is 10.3. The van der Waals surface area contributed by atoms with Gasteiger partial charge in [0.2, 0.25) is 0 Å². The summed E-state index contributed by atoms with van der Waals surface area (Å²) < 4.78 is 5.48. The van der Waals surface area contributed by atoms with E-state index in [0.717, 1.165) is 12.2 Å². The van der Waals surface area contributed by atoms with Gasteiger partial charge in [-0.1, -0.05) is 32.4 Å². The summed E-state index contributed by atoms with van der Waals surface area (Å²) >= 11 is 0. The van der Waals surface area contributed by atoms with Gasteiger partial charge in [-0.2, -0.15) is 0 Å². The third-order valence-electron chi connectivity index (χ3n) is 3.01. The highest BCUT2D eigenvalue weighted by molar-refractivity contribution is 5.66. The minimum atomic E-state index is -0.775. The van der Waals surface area contributed by atoms with E-state index in [9.17, 15) is 4.79 Å². The molecule has 0 fully saturated rings. The van der Waals surface area contributed by atoms with Crippen molar-refractivity contribution in [3.05, 3.63) is 29.8 Å². The summed E-state index contributed by atoms with van der Waals surface area (Å²) in [5.74, 6) is 0.739. The predicted molar refractivity (Wildman–Crippen MR) is 72.0 cm³/mol. The molecule has 1 rings (SSSR count). The summed E-state index contributed by atoms with van der Waals surface area (Å²) in [6, 6.07) is 8.08. The fourth-order valence-corrected chi connectivity index (χ4v) is 1.68. The molecule has 0 bridgehead atoms. The van der Waals surface area contributed by atoms with Crippen molar-refractivity contribution in [1.82, 2.24) is 0 Å². The molecule has 0 aliphatic carbocycles. The molecule has 0 aromatic heterocycles. The van der Waals surface area contributed by atoms with Crippen LogP contribution < -0.4 is 4.74 Å². The Morgan fingerprint density at radius 1 is 1.33 bits per heavy atom. The molecule has 1 N–H and O–H groups in total. The van der Waals surface area contributed by atoms with Crippen molar-refractivity contribution >= 4 is 5.97 Å². The lowest BCUT2D eigenvalue weighted by atomic mass is 9.99. The molecule has 0 saturated carbocycles. The van der Waals surface area contributed by atoms with Crippen LogP contribution in [0.15, 0.2) is 24.3 Å². The first-order valence-electron chi connectivity index (χ1n) is 6.55. The first-order chi connectivity index (χ1) is 8.61. The molecular weight excluding hydrogens is 228 g/mol. The van der Waals surface area contributed by atoms with Crippen LogP contribution in [0.5, 0.6) is 5.75 Å². The normalized spacial score (nSPS) is 12.1. The summed E-state index contributed by atoms with van der Waals surface area (Å²) in [6.07, 6.45) is 2.99. The minimum absolute atomic E-state index is 0.159. The average molecular weight is 250 g/mol. The maximum atomic E-state index is 10.3. The standard InChI is InChI=1S/C15H22O3/c1-3-12(2)11-13-6-8-14(9-7-13)18-10-4-5-15(16)17/h6-9,12H,3-5,10-11H2,1-2H3,(H,16,17). The smallest absolute Gasteiger partial charge is 0.303 e. The number of hydrogen-bond acceptors (Lipinski definition) is 2. The predicted octanol–water partition coefficient (Wildman–Crippen LogP) is 3.52. The van der Waals surface area contributed by atoms with Crippen molar-refractivity contribution in [3.8, 4) is 5.75 Å². The number of rotatable bonds is 8. The highest BCUT2D eigenvalue weighted by Crippen LogP contribution is 2.16. The molecule has 0 amide bonds. The van der Waals surface area contributed by atoms with Gasteiger partial charge >= 0.3 is 5.97 Å². The van der Waals surface area contributed by atoms with Crippen LogP contribution in [0.25, 0.3) is 0 Å². The first kappa shape index (κ1) is 14.6. The topological polar surface area (TPSA) is 46.5 Å². The van der Waals surface area contributed by atoms with Gasteiger partial charge < -0.3 is 9.84 Å². The van der Waals surface area contributed by atoms with Crippen LogP contribution in [0.2, 0.25) is 0 Å². The number of ether oxygens (including phenoxy) is 1. The van der Waals surface area contributed by atoms with Crippen LogP contribution in [-0.2, 0) is 11.2 Å². The van der Waals surface area contributed by atoms with Gasteiger partial charge in [0.15, 0.2) is 0 Å². The zero-order chi connectivity index (χ0) is 13.4. The number of hydrogen-bond donors (Lipinski definition) is 1. The van der Waals surface area contributed by atoms with Crippen molar-refractivity contribution in [2.75, 3.05) is 6.61 Å². The largest absolute Gasteiger partial charge is 0.494 e. The Bertz CT molecular complexity index is 357. The van der Waals surface area contributed by atoms with Gasteiger partial charge in [-0.15, -0.1) is 0 Å². The van der Waals surface area contributed by atoms with Crippen LogP contribution in [-0.4, -0.2) is 17.7 Å². The Labute approximate surface area is 109 Å². The number of carbonyl (C=O) groups is 1. The first-order valence-corrected chi connectivity index (χ1v) is 6.55. The van der Waals surface area contributed by atoms with Crippen molar-refractivity contribution in [3.63, 3.8) is 0 Å². The van der Waals surface area contributed by atoms with E-state index >= 15 is 0 Å². The van der Waals surface area contributed by atoms with Crippen LogP contribution in [0.4, 0.5) is 0 Å². The third-order valence-corrected chi connectivity index (χ3v) is 3.01. The molecule has 1 atom stereocenters. The average Bonchev–Trinajstić information content (AvgIpc) is 2.36. The van der Waals surface area contributed by atoms with Crippen LogP contribution in [0.1, 0.15) is 38.7 Å². The van der Waals surface area contributed by atoms with Gasteiger partial charge in [-0.05, 0) is 36.5 Å². The van der Waals surface area contributed by atoms with Crippen LogP contribution in [0, 0.1) is 5.92 Å². The van der Waals surface area contributed by atoms with E-state index in [4.69, 9.17) is 9.84 Å². The fraction of sp³-hybridized carbons (Fsp3) is 0.533. The summed E-state index contributed by atoms with van der Waals surface area (Å²) in [7, 11) is 0. The summed E-state index contributed by atoms with van der Waals surface area (Å²) in [5, 5.41) is 8.50.